The maximum absolute atomic E-state index is 13.6. The maximum atomic E-state index is 13.6. The molecule has 2 aliphatic rings. The van der Waals surface area contributed by atoms with Gasteiger partial charge in [0.25, 0.3) is 5.91 Å². The van der Waals surface area contributed by atoms with E-state index in [-0.39, 0.29) is 5.91 Å². The topological polar surface area (TPSA) is 67.1 Å². The number of hydrogen-bond donors (Lipinski definition) is 1. The molecule has 4 aromatic rings. The number of hydrogen-bond acceptors (Lipinski definition) is 5. The molecule has 0 fully saturated rings. The summed E-state index contributed by atoms with van der Waals surface area (Å²) in [6.07, 6.45) is 4.27. The summed E-state index contributed by atoms with van der Waals surface area (Å²) in [6.45, 7) is 4.22. The summed E-state index contributed by atoms with van der Waals surface area (Å²) in [7, 11) is 1.59. The van der Waals surface area contributed by atoms with Gasteiger partial charge >= 0.3 is 0 Å². The molecule has 0 atom stereocenters. The van der Waals surface area contributed by atoms with Crippen LogP contribution in [-0.2, 0) is 12.8 Å². The minimum Gasteiger partial charge on any atom is -0.495 e. The number of ether oxygens (including phenoxy) is 1. The van der Waals surface area contributed by atoms with Crippen molar-refractivity contribution < 1.29 is 13.9 Å². The summed E-state index contributed by atoms with van der Waals surface area (Å²) in [5.74, 6) is 0.309. The third kappa shape index (κ3) is 4.02. The number of para-hydroxylation sites is 2. The van der Waals surface area contributed by atoms with Gasteiger partial charge in [0.05, 0.1) is 18.5 Å². The number of nitrogens with zero attached hydrogens (tertiary/aromatic N) is 2. The highest BCUT2D eigenvalue weighted by Crippen LogP contribution is 2.39. The van der Waals surface area contributed by atoms with Gasteiger partial charge < -0.3 is 19.4 Å². The van der Waals surface area contributed by atoms with Crippen LogP contribution >= 0.6 is 0 Å². The van der Waals surface area contributed by atoms with E-state index in [1.165, 1.54) is 16.8 Å². The molecule has 0 saturated heterocycles. The van der Waals surface area contributed by atoms with Crippen LogP contribution in [-0.4, -0.2) is 26.1 Å². The molecule has 3 aromatic carbocycles. The Morgan fingerprint density at radius 3 is 2.61 bits per heavy atom. The van der Waals surface area contributed by atoms with Crippen LogP contribution in [0, 0.1) is 6.92 Å². The van der Waals surface area contributed by atoms with Crippen LogP contribution in [0.3, 0.4) is 0 Å². The number of methoxy groups -OCH3 is 1. The monoisotopic (exact) mass is 479 g/mol. The molecule has 182 valence electrons. The number of carbonyl (C=O) groups excluding carboxylic acids is 1. The average Bonchev–Trinajstić information content (AvgIpc) is 2.90. The number of aryl methyl sites for hydroxylation is 3. The first-order valence-corrected chi connectivity index (χ1v) is 12.5. The molecule has 0 unspecified atom stereocenters. The Kier molecular flexibility index (Phi) is 5.72. The Morgan fingerprint density at radius 1 is 1.03 bits per heavy atom. The molecule has 0 saturated carbocycles. The van der Waals surface area contributed by atoms with Gasteiger partial charge in [0.1, 0.15) is 16.9 Å². The van der Waals surface area contributed by atoms with Gasteiger partial charge in [-0.1, -0.05) is 29.8 Å². The van der Waals surface area contributed by atoms with E-state index < -0.39 is 0 Å². The molecule has 0 aliphatic carbocycles. The molecule has 1 aromatic heterocycles. The van der Waals surface area contributed by atoms with Crippen LogP contribution < -0.4 is 20.5 Å². The second-order valence-corrected chi connectivity index (χ2v) is 9.54. The van der Waals surface area contributed by atoms with Crippen LogP contribution in [0.4, 0.5) is 17.1 Å². The summed E-state index contributed by atoms with van der Waals surface area (Å²) in [6, 6.07) is 19.4. The SMILES string of the molecule is COc1ccccc1NC(=O)c1cc2cc3c4c(c2oc1=Nc1ccc(C)cc1)CCCN4CCC3. The fourth-order valence-electron chi connectivity index (χ4n) is 5.37. The van der Waals surface area contributed by atoms with Crippen molar-refractivity contribution in [1.82, 2.24) is 0 Å². The zero-order valence-electron chi connectivity index (χ0n) is 20.6. The molecular formula is C30H29N3O3. The summed E-state index contributed by atoms with van der Waals surface area (Å²) >= 11 is 0. The summed E-state index contributed by atoms with van der Waals surface area (Å²) in [4.78, 5) is 20.9. The Labute approximate surface area is 210 Å². The molecule has 1 N–H and O–H groups in total. The molecule has 0 spiro atoms. The largest absolute Gasteiger partial charge is 0.495 e. The van der Waals surface area contributed by atoms with Crippen molar-refractivity contribution in [2.75, 3.05) is 30.4 Å². The number of fused-ring (bicyclic) bond motifs is 2. The van der Waals surface area contributed by atoms with Gasteiger partial charge in [0.2, 0.25) is 5.55 Å². The number of carbonyl (C=O) groups is 1. The molecule has 0 bridgehead atoms. The predicted octanol–water partition coefficient (Wildman–Crippen LogP) is 5.93. The molecule has 3 heterocycles. The van der Waals surface area contributed by atoms with E-state index in [0.717, 1.165) is 61.0 Å². The molecule has 1 amide bonds. The van der Waals surface area contributed by atoms with Crippen molar-refractivity contribution in [3.63, 3.8) is 0 Å². The summed E-state index contributed by atoms with van der Waals surface area (Å²) in [5.41, 5.74) is 7.94. The van der Waals surface area contributed by atoms with E-state index in [1.807, 2.05) is 61.5 Å². The number of anilines is 2. The highest BCUT2D eigenvalue weighted by molar-refractivity contribution is 6.06. The van der Waals surface area contributed by atoms with E-state index in [0.29, 0.717) is 22.6 Å². The number of benzene rings is 3. The maximum Gasteiger partial charge on any atom is 0.261 e. The minimum atomic E-state index is -0.288. The molecule has 36 heavy (non-hydrogen) atoms. The normalized spacial score (nSPS) is 15.1. The van der Waals surface area contributed by atoms with Crippen LogP contribution in [0.2, 0.25) is 0 Å². The van der Waals surface area contributed by atoms with Crippen LogP contribution in [0.25, 0.3) is 11.0 Å². The smallest absolute Gasteiger partial charge is 0.261 e. The number of amides is 1. The van der Waals surface area contributed by atoms with Crippen LogP contribution in [0.1, 0.15) is 39.9 Å². The first kappa shape index (κ1) is 22.4. The molecule has 2 aliphatic heterocycles. The van der Waals surface area contributed by atoms with Gasteiger partial charge in [-0.3, -0.25) is 4.79 Å². The van der Waals surface area contributed by atoms with Gasteiger partial charge in [0, 0.05) is 29.7 Å². The van der Waals surface area contributed by atoms with Gasteiger partial charge in [-0.15, -0.1) is 0 Å². The van der Waals surface area contributed by atoms with Crippen molar-refractivity contribution in [2.45, 2.75) is 32.6 Å². The van der Waals surface area contributed by atoms with Crippen LogP contribution in [0.15, 0.2) is 70.1 Å². The van der Waals surface area contributed by atoms with Crippen molar-refractivity contribution in [3.8, 4) is 5.75 Å². The van der Waals surface area contributed by atoms with E-state index in [4.69, 9.17) is 14.1 Å². The minimum absolute atomic E-state index is 0.288. The van der Waals surface area contributed by atoms with E-state index in [9.17, 15) is 4.79 Å². The number of nitrogens with one attached hydrogen (secondary N) is 1. The highest BCUT2D eigenvalue weighted by atomic mass is 16.5. The fourth-order valence-corrected chi connectivity index (χ4v) is 5.37. The zero-order valence-corrected chi connectivity index (χ0v) is 20.6. The Balaban J connectivity index is 1.55. The van der Waals surface area contributed by atoms with Crippen molar-refractivity contribution in [2.24, 2.45) is 4.99 Å². The average molecular weight is 480 g/mol. The van der Waals surface area contributed by atoms with E-state index >= 15 is 0 Å². The van der Waals surface area contributed by atoms with Gasteiger partial charge in [0.15, 0.2) is 0 Å². The number of rotatable bonds is 4. The third-order valence-corrected chi connectivity index (χ3v) is 7.09. The molecule has 0 radical (unpaired) electrons. The standard InChI is InChI=1S/C30H29N3O3/c1-19-11-13-22(14-12-19)31-30-24(29(34)32-25-9-3-4-10-26(25)35-2)18-21-17-20-7-5-15-33-16-6-8-23(27(20)33)28(21)36-30/h3-4,9-14,17-18H,5-8,15-16H2,1-2H3,(H,32,34). The first-order chi connectivity index (χ1) is 17.6. The lowest BCUT2D eigenvalue weighted by atomic mass is 9.90. The van der Waals surface area contributed by atoms with Crippen molar-refractivity contribution >= 4 is 33.9 Å². The van der Waals surface area contributed by atoms with Crippen molar-refractivity contribution in [3.05, 3.63) is 88.5 Å². The Hall–Kier alpha value is -4.06. The van der Waals surface area contributed by atoms with Crippen LogP contribution in [0.5, 0.6) is 5.75 Å². The molecule has 6 nitrogen and oxygen atoms in total. The second-order valence-electron chi connectivity index (χ2n) is 9.54. The second kappa shape index (κ2) is 9.19. The van der Waals surface area contributed by atoms with Crippen molar-refractivity contribution in [1.29, 1.82) is 0 Å². The summed E-state index contributed by atoms with van der Waals surface area (Å²) < 4.78 is 12.0. The quantitative estimate of drug-likeness (QED) is 0.394. The lowest BCUT2D eigenvalue weighted by molar-refractivity contribution is 0.102. The molecule has 6 heteroatoms. The Bertz CT molecular complexity index is 1530. The zero-order chi connectivity index (χ0) is 24.6. The third-order valence-electron chi connectivity index (χ3n) is 7.09. The Morgan fingerprint density at radius 2 is 1.81 bits per heavy atom. The summed E-state index contributed by atoms with van der Waals surface area (Å²) in [5, 5.41) is 3.94. The van der Waals surface area contributed by atoms with E-state index in [1.54, 1.807) is 7.11 Å². The highest BCUT2D eigenvalue weighted by Gasteiger charge is 2.27. The van der Waals surface area contributed by atoms with Gasteiger partial charge in [-0.05, 0) is 74.6 Å². The molecule has 6 rings (SSSR count). The lowest BCUT2D eigenvalue weighted by Crippen LogP contribution is -2.34. The lowest BCUT2D eigenvalue weighted by Gasteiger charge is -2.37. The fraction of sp³-hybridized carbons (Fsp3) is 0.267. The van der Waals surface area contributed by atoms with Gasteiger partial charge in [-0.25, -0.2) is 4.99 Å². The molecular weight excluding hydrogens is 450 g/mol. The van der Waals surface area contributed by atoms with Gasteiger partial charge in [-0.2, -0.15) is 0 Å². The van der Waals surface area contributed by atoms with E-state index in [2.05, 4.69) is 16.3 Å². The predicted molar refractivity (Wildman–Crippen MR) is 142 cm³/mol. The first-order valence-electron chi connectivity index (χ1n) is 12.5.